The average Bonchev–Trinajstić information content (AvgIpc) is 2.74. The summed E-state index contributed by atoms with van der Waals surface area (Å²) in [5, 5.41) is 12.9. The van der Waals surface area contributed by atoms with Gasteiger partial charge < -0.3 is 5.32 Å². The Morgan fingerprint density at radius 2 is 1.83 bits per heavy atom. The van der Waals surface area contributed by atoms with Crippen molar-refractivity contribution in [3.63, 3.8) is 0 Å². The Hall–Kier alpha value is -3.99. The van der Waals surface area contributed by atoms with E-state index < -0.39 is 11.7 Å². The van der Waals surface area contributed by atoms with Crippen molar-refractivity contribution in [2.24, 2.45) is 0 Å². The standard InChI is InChI=1S/C22H14F3N5/c1-13-2-5-16(11-26)29-21(13)14-3-6-17-18(8-9-27-19(17)10-14)30-20-7-4-15(12-28-20)22(23,24)25/h2-10,12H,1H3,(H,27,28,30). The van der Waals surface area contributed by atoms with Crippen LogP contribution in [-0.4, -0.2) is 15.0 Å². The van der Waals surface area contributed by atoms with Crippen LogP contribution in [0.1, 0.15) is 16.8 Å². The molecule has 3 heterocycles. The summed E-state index contributed by atoms with van der Waals surface area (Å²) in [5.41, 5.74) is 3.29. The molecule has 0 aliphatic carbocycles. The Balaban J connectivity index is 1.69. The molecule has 0 amide bonds. The van der Waals surface area contributed by atoms with E-state index in [1.165, 1.54) is 6.07 Å². The number of alkyl halides is 3. The maximum atomic E-state index is 12.7. The van der Waals surface area contributed by atoms with Crippen LogP contribution in [0, 0.1) is 18.3 Å². The van der Waals surface area contributed by atoms with E-state index in [4.69, 9.17) is 5.26 Å². The number of nitriles is 1. The van der Waals surface area contributed by atoms with Crippen molar-refractivity contribution < 1.29 is 13.2 Å². The highest BCUT2D eigenvalue weighted by molar-refractivity contribution is 5.94. The third-order valence-corrected chi connectivity index (χ3v) is 4.58. The number of nitrogens with zero attached hydrogens (tertiary/aromatic N) is 4. The topological polar surface area (TPSA) is 74.5 Å². The second kappa shape index (κ2) is 7.44. The first-order valence-corrected chi connectivity index (χ1v) is 8.92. The van der Waals surface area contributed by atoms with Crippen molar-refractivity contribution in [2.75, 3.05) is 5.32 Å². The van der Waals surface area contributed by atoms with Gasteiger partial charge in [-0.05, 0) is 42.8 Å². The average molecular weight is 405 g/mol. The molecule has 1 aromatic carbocycles. The quantitative estimate of drug-likeness (QED) is 0.478. The van der Waals surface area contributed by atoms with Gasteiger partial charge >= 0.3 is 6.18 Å². The van der Waals surface area contributed by atoms with Crippen LogP contribution in [0.15, 0.2) is 60.9 Å². The molecule has 8 heteroatoms. The van der Waals surface area contributed by atoms with Crippen LogP contribution < -0.4 is 5.32 Å². The second-order valence-electron chi connectivity index (χ2n) is 6.62. The minimum atomic E-state index is -4.43. The SMILES string of the molecule is Cc1ccc(C#N)nc1-c1ccc2c(Nc3ccc(C(F)(F)F)cn3)ccnc2c1. The Labute approximate surface area is 169 Å². The number of benzene rings is 1. The minimum Gasteiger partial charge on any atom is -0.340 e. The van der Waals surface area contributed by atoms with Gasteiger partial charge in [-0.15, -0.1) is 0 Å². The zero-order valence-corrected chi connectivity index (χ0v) is 15.7. The summed E-state index contributed by atoms with van der Waals surface area (Å²) in [7, 11) is 0. The van der Waals surface area contributed by atoms with Gasteiger partial charge in [-0.3, -0.25) is 4.98 Å². The fourth-order valence-corrected chi connectivity index (χ4v) is 3.06. The van der Waals surface area contributed by atoms with Crippen molar-refractivity contribution in [1.82, 2.24) is 15.0 Å². The van der Waals surface area contributed by atoms with Gasteiger partial charge in [0.05, 0.1) is 22.5 Å². The lowest BCUT2D eigenvalue weighted by atomic mass is 10.0. The van der Waals surface area contributed by atoms with Crippen LogP contribution in [0.4, 0.5) is 24.7 Å². The first-order chi connectivity index (χ1) is 14.3. The molecule has 4 rings (SSSR count). The number of pyridine rings is 3. The highest BCUT2D eigenvalue weighted by Gasteiger charge is 2.30. The molecule has 0 aliphatic rings. The molecule has 0 atom stereocenters. The number of nitrogens with one attached hydrogen (secondary N) is 1. The van der Waals surface area contributed by atoms with Crippen molar-refractivity contribution in [1.29, 1.82) is 5.26 Å². The number of hydrogen-bond acceptors (Lipinski definition) is 5. The van der Waals surface area contributed by atoms with Crippen LogP contribution in [0.25, 0.3) is 22.2 Å². The third-order valence-electron chi connectivity index (χ3n) is 4.58. The summed E-state index contributed by atoms with van der Waals surface area (Å²) >= 11 is 0. The molecule has 0 aliphatic heterocycles. The number of aromatic nitrogens is 3. The van der Waals surface area contributed by atoms with E-state index in [0.717, 1.165) is 28.8 Å². The lowest BCUT2D eigenvalue weighted by molar-refractivity contribution is -0.137. The van der Waals surface area contributed by atoms with Crippen LogP contribution in [0.5, 0.6) is 0 Å². The molecule has 0 radical (unpaired) electrons. The molecule has 0 spiro atoms. The molecule has 4 aromatic rings. The van der Waals surface area contributed by atoms with Gasteiger partial charge in [0.1, 0.15) is 17.6 Å². The first kappa shape index (κ1) is 19.3. The predicted molar refractivity (Wildman–Crippen MR) is 107 cm³/mol. The fraction of sp³-hybridized carbons (Fsp3) is 0.0909. The normalized spacial score (nSPS) is 11.3. The molecule has 3 aromatic heterocycles. The number of halogens is 3. The molecular weight excluding hydrogens is 391 g/mol. The smallest absolute Gasteiger partial charge is 0.340 e. The lowest BCUT2D eigenvalue weighted by Crippen LogP contribution is -2.05. The third kappa shape index (κ3) is 3.78. The molecule has 0 fully saturated rings. The summed E-state index contributed by atoms with van der Waals surface area (Å²) in [6.45, 7) is 1.91. The second-order valence-corrected chi connectivity index (χ2v) is 6.62. The number of fused-ring (bicyclic) bond motifs is 1. The number of hydrogen-bond donors (Lipinski definition) is 1. The van der Waals surface area contributed by atoms with Crippen molar-refractivity contribution in [3.8, 4) is 17.3 Å². The van der Waals surface area contributed by atoms with E-state index in [9.17, 15) is 13.2 Å². The lowest BCUT2D eigenvalue weighted by Gasteiger charge is -2.12. The zero-order valence-electron chi connectivity index (χ0n) is 15.7. The molecular formula is C22H14F3N5. The van der Waals surface area contributed by atoms with Gasteiger partial charge in [-0.25, -0.2) is 9.97 Å². The molecule has 0 bridgehead atoms. The number of anilines is 2. The maximum absolute atomic E-state index is 12.7. The van der Waals surface area contributed by atoms with Gasteiger partial charge in [0.25, 0.3) is 0 Å². The summed E-state index contributed by atoms with van der Waals surface area (Å²) < 4.78 is 38.2. The van der Waals surface area contributed by atoms with Gasteiger partial charge in [0.15, 0.2) is 0 Å². The minimum absolute atomic E-state index is 0.291. The molecule has 0 saturated heterocycles. The van der Waals surface area contributed by atoms with Crippen molar-refractivity contribution in [2.45, 2.75) is 13.1 Å². The largest absolute Gasteiger partial charge is 0.417 e. The van der Waals surface area contributed by atoms with Crippen LogP contribution in [0.3, 0.4) is 0 Å². The molecule has 0 saturated carbocycles. The van der Waals surface area contributed by atoms with E-state index >= 15 is 0 Å². The van der Waals surface area contributed by atoms with Crippen LogP contribution >= 0.6 is 0 Å². The van der Waals surface area contributed by atoms with E-state index in [2.05, 4.69) is 20.3 Å². The summed E-state index contributed by atoms with van der Waals surface area (Å²) in [4.78, 5) is 12.6. The van der Waals surface area contributed by atoms with Crippen molar-refractivity contribution >= 4 is 22.4 Å². The Morgan fingerprint density at radius 1 is 1.00 bits per heavy atom. The fourth-order valence-electron chi connectivity index (χ4n) is 3.06. The van der Waals surface area contributed by atoms with Crippen LogP contribution in [0.2, 0.25) is 0 Å². The summed E-state index contributed by atoms with van der Waals surface area (Å²) in [6.07, 6.45) is -2.04. The number of aryl methyl sites for hydroxylation is 1. The highest BCUT2D eigenvalue weighted by Crippen LogP contribution is 2.31. The van der Waals surface area contributed by atoms with E-state index in [0.29, 0.717) is 28.4 Å². The predicted octanol–water partition coefficient (Wildman–Crippen LogP) is 5.63. The van der Waals surface area contributed by atoms with Gasteiger partial charge in [-0.1, -0.05) is 18.2 Å². The molecule has 5 nitrogen and oxygen atoms in total. The summed E-state index contributed by atoms with van der Waals surface area (Å²) in [5.74, 6) is 0.291. The van der Waals surface area contributed by atoms with Crippen LogP contribution in [-0.2, 0) is 6.18 Å². The molecule has 148 valence electrons. The van der Waals surface area contributed by atoms with E-state index in [-0.39, 0.29) is 0 Å². The number of rotatable bonds is 3. The Bertz CT molecular complexity index is 1270. The molecule has 0 unspecified atom stereocenters. The highest BCUT2D eigenvalue weighted by atomic mass is 19.4. The van der Waals surface area contributed by atoms with Gasteiger partial charge in [-0.2, -0.15) is 18.4 Å². The van der Waals surface area contributed by atoms with E-state index in [1.807, 2.05) is 37.3 Å². The van der Waals surface area contributed by atoms with Gasteiger partial charge in [0.2, 0.25) is 0 Å². The zero-order chi connectivity index (χ0) is 21.3. The maximum Gasteiger partial charge on any atom is 0.417 e. The van der Waals surface area contributed by atoms with Gasteiger partial charge in [0, 0.05) is 23.3 Å². The summed E-state index contributed by atoms with van der Waals surface area (Å²) in [6, 6.07) is 15.1. The monoisotopic (exact) mass is 405 g/mol. The first-order valence-electron chi connectivity index (χ1n) is 8.92. The Kier molecular flexibility index (Phi) is 4.80. The Morgan fingerprint density at radius 3 is 2.53 bits per heavy atom. The van der Waals surface area contributed by atoms with Crippen molar-refractivity contribution in [3.05, 3.63) is 77.7 Å². The molecule has 1 N–H and O–H groups in total. The van der Waals surface area contributed by atoms with E-state index in [1.54, 1.807) is 18.3 Å². The molecule has 30 heavy (non-hydrogen) atoms.